The van der Waals surface area contributed by atoms with Crippen LogP contribution in [0.5, 0.6) is 0 Å². The fourth-order valence-electron chi connectivity index (χ4n) is 1.89. The summed E-state index contributed by atoms with van der Waals surface area (Å²) in [6.45, 7) is 2.14. The van der Waals surface area contributed by atoms with Crippen LogP contribution in [0.4, 0.5) is 5.82 Å². The van der Waals surface area contributed by atoms with Gasteiger partial charge in [-0.05, 0) is 32.1 Å². The standard InChI is InChI=1S/C11H16N4O/c1-15-5-4-9(7-15)14-10-3-2-8(6-13-10)11(12)16/h2-3,6,9H,4-5,7H2,1H3,(H2,12,16)(H,13,14). The van der Waals surface area contributed by atoms with E-state index in [1.165, 1.54) is 6.20 Å². The van der Waals surface area contributed by atoms with Gasteiger partial charge in [-0.3, -0.25) is 4.79 Å². The Balaban J connectivity index is 1.97. The third-order valence-corrected chi connectivity index (χ3v) is 2.79. The number of pyridine rings is 1. The summed E-state index contributed by atoms with van der Waals surface area (Å²) < 4.78 is 0. The molecule has 1 aliphatic heterocycles. The summed E-state index contributed by atoms with van der Waals surface area (Å²) in [5.41, 5.74) is 5.58. The van der Waals surface area contributed by atoms with Crippen LogP contribution in [0.2, 0.25) is 0 Å². The normalized spacial score (nSPS) is 20.9. The second-order valence-electron chi connectivity index (χ2n) is 4.19. The number of hydrogen-bond donors (Lipinski definition) is 2. The maximum absolute atomic E-state index is 10.9. The summed E-state index contributed by atoms with van der Waals surface area (Å²) in [6, 6.07) is 3.92. The van der Waals surface area contributed by atoms with Crippen molar-refractivity contribution >= 4 is 11.7 Å². The van der Waals surface area contributed by atoms with Crippen molar-refractivity contribution < 1.29 is 4.79 Å². The number of anilines is 1. The molecule has 1 aliphatic rings. The first kappa shape index (κ1) is 10.9. The quantitative estimate of drug-likeness (QED) is 0.768. The lowest BCUT2D eigenvalue weighted by atomic mass is 10.2. The zero-order valence-electron chi connectivity index (χ0n) is 9.31. The molecule has 1 aromatic rings. The Morgan fingerprint density at radius 1 is 1.62 bits per heavy atom. The van der Waals surface area contributed by atoms with Gasteiger partial charge < -0.3 is 16.0 Å². The molecule has 0 aliphatic carbocycles. The highest BCUT2D eigenvalue weighted by Gasteiger charge is 2.19. The summed E-state index contributed by atoms with van der Waals surface area (Å²) in [4.78, 5) is 17.3. The van der Waals surface area contributed by atoms with E-state index in [4.69, 9.17) is 5.73 Å². The lowest BCUT2D eigenvalue weighted by Crippen LogP contribution is -2.24. The van der Waals surface area contributed by atoms with Gasteiger partial charge in [0.1, 0.15) is 5.82 Å². The summed E-state index contributed by atoms with van der Waals surface area (Å²) >= 11 is 0. The van der Waals surface area contributed by atoms with Gasteiger partial charge in [0.05, 0.1) is 5.56 Å². The van der Waals surface area contributed by atoms with E-state index >= 15 is 0 Å². The zero-order valence-corrected chi connectivity index (χ0v) is 9.31. The van der Waals surface area contributed by atoms with Gasteiger partial charge in [0.25, 0.3) is 0 Å². The predicted octanol–water partition coefficient (Wildman–Crippen LogP) is 0.296. The van der Waals surface area contributed by atoms with Gasteiger partial charge in [-0.15, -0.1) is 0 Å². The van der Waals surface area contributed by atoms with Crippen LogP contribution in [0.25, 0.3) is 0 Å². The summed E-state index contributed by atoms with van der Waals surface area (Å²) in [7, 11) is 2.10. The predicted molar refractivity (Wildman–Crippen MR) is 62.3 cm³/mol. The van der Waals surface area contributed by atoms with E-state index in [1.807, 2.05) is 0 Å². The van der Waals surface area contributed by atoms with Gasteiger partial charge in [0.15, 0.2) is 0 Å². The monoisotopic (exact) mass is 220 g/mol. The van der Waals surface area contributed by atoms with Crippen molar-refractivity contribution in [1.82, 2.24) is 9.88 Å². The highest BCUT2D eigenvalue weighted by molar-refractivity contribution is 5.92. The molecule has 1 amide bonds. The van der Waals surface area contributed by atoms with Crippen molar-refractivity contribution in [2.45, 2.75) is 12.5 Å². The molecule has 0 radical (unpaired) electrons. The summed E-state index contributed by atoms with van der Waals surface area (Å²) in [6.07, 6.45) is 2.62. The van der Waals surface area contributed by atoms with Crippen molar-refractivity contribution in [3.05, 3.63) is 23.9 Å². The van der Waals surface area contributed by atoms with Gasteiger partial charge in [-0.1, -0.05) is 0 Å². The molecule has 0 saturated carbocycles. The van der Waals surface area contributed by atoms with E-state index in [9.17, 15) is 4.79 Å². The van der Waals surface area contributed by atoms with Crippen molar-refractivity contribution in [1.29, 1.82) is 0 Å². The van der Waals surface area contributed by atoms with Gasteiger partial charge >= 0.3 is 0 Å². The number of carbonyl (C=O) groups is 1. The van der Waals surface area contributed by atoms with E-state index < -0.39 is 5.91 Å². The molecule has 16 heavy (non-hydrogen) atoms. The molecule has 1 aromatic heterocycles. The largest absolute Gasteiger partial charge is 0.366 e. The fraction of sp³-hybridized carbons (Fsp3) is 0.455. The highest BCUT2D eigenvalue weighted by atomic mass is 16.1. The van der Waals surface area contributed by atoms with Crippen molar-refractivity contribution in [2.75, 3.05) is 25.5 Å². The third-order valence-electron chi connectivity index (χ3n) is 2.79. The van der Waals surface area contributed by atoms with Crippen LogP contribution in [0.15, 0.2) is 18.3 Å². The number of primary amides is 1. The molecule has 2 rings (SSSR count). The molecule has 0 spiro atoms. The minimum absolute atomic E-state index is 0.439. The molecule has 2 heterocycles. The average Bonchev–Trinajstić information content (AvgIpc) is 2.65. The second-order valence-corrected chi connectivity index (χ2v) is 4.19. The van der Waals surface area contributed by atoms with Gasteiger partial charge in [-0.25, -0.2) is 4.98 Å². The maximum Gasteiger partial charge on any atom is 0.250 e. The Kier molecular flexibility index (Phi) is 3.05. The third kappa shape index (κ3) is 2.49. The van der Waals surface area contributed by atoms with Gasteiger partial charge in [0.2, 0.25) is 5.91 Å². The van der Waals surface area contributed by atoms with Crippen LogP contribution in [-0.4, -0.2) is 42.0 Å². The molecule has 0 bridgehead atoms. The smallest absolute Gasteiger partial charge is 0.250 e. The number of hydrogen-bond acceptors (Lipinski definition) is 4. The maximum atomic E-state index is 10.9. The molecular weight excluding hydrogens is 204 g/mol. The topological polar surface area (TPSA) is 71.2 Å². The summed E-state index contributed by atoms with van der Waals surface area (Å²) in [5, 5.41) is 3.33. The Bertz CT molecular complexity index is 376. The highest BCUT2D eigenvalue weighted by Crippen LogP contribution is 2.13. The Morgan fingerprint density at radius 3 is 2.94 bits per heavy atom. The number of aromatic nitrogens is 1. The molecule has 1 saturated heterocycles. The van der Waals surface area contributed by atoms with Crippen molar-refractivity contribution in [3.63, 3.8) is 0 Å². The second kappa shape index (κ2) is 4.49. The van der Waals surface area contributed by atoms with Crippen molar-refractivity contribution in [2.24, 2.45) is 5.73 Å². The molecule has 1 fully saturated rings. The van der Waals surface area contributed by atoms with Gasteiger partial charge in [-0.2, -0.15) is 0 Å². The number of rotatable bonds is 3. The lowest BCUT2D eigenvalue weighted by molar-refractivity contribution is 0.1000. The van der Waals surface area contributed by atoms with Crippen LogP contribution in [0, 0.1) is 0 Å². The van der Waals surface area contributed by atoms with E-state index in [2.05, 4.69) is 22.2 Å². The molecule has 5 heteroatoms. The number of nitrogens with zero attached hydrogens (tertiary/aromatic N) is 2. The van der Waals surface area contributed by atoms with E-state index in [0.717, 1.165) is 25.3 Å². The Hall–Kier alpha value is -1.62. The molecular formula is C11H16N4O. The van der Waals surface area contributed by atoms with Crippen LogP contribution in [-0.2, 0) is 0 Å². The van der Waals surface area contributed by atoms with Gasteiger partial charge in [0, 0.05) is 18.8 Å². The fourth-order valence-corrected chi connectivity index (χ4v) is 1.89. The van der Waals surface area contributed by atoms with Crippen LogP contribution >= 0.6 is 0 Å². The molecule has 3 N–H and O–H groups in total. The van der Waals surface area contributed by atoms with Crippen LogP contribution in [0.3, 0.4) is 0 Å². The Labute approximate surface area is 94.6 Å². The number of likely N-dealkylation sites (tertiary alicyclic amines) is 1. The first-order valence-electron chi connectivity index (χ1n) is 5.36. The first-order chi connectivity index (χ1) is 7.65. The zero-order chi connectivity index (χ0) is 11.5. The minimum atomic E-state index is -0.445. The summed E-state index contributed by atoms with van der Waals surface area (Å²) in [5.74, 6) is 0.352. The number of amides is 1. The average molecular weight is 220 g/mol. The lowest BCUT2D eigenvalue weighted by Gasteiger charge is -2.13. The van der Waals surface area contributed by atoms with Crippen molar-refractivity contribution in [3.8, 4) is 0 Å². The number of nitrogens with one attached hydrogen (secondary N) is 1. The SMILES string of the molecule is CN1CCC(Nc2ccc(C(N)=O)cn2)C1. The number of nitrogens with two attached hydrogens (primary N) is 1. The molecule has 0 aromatic carbocycles. The van der Waals surface area contributed by atoms with Crippen LogP contribution < -0.4 is 11.1 Å². The molecule has 5 nitrogen and oxygen atoms in total. The first-order valence-corrected chi connectivity index (χ1v) is 5.36. The van der Waals surface area contributed by atoms with Crippen LogP contribution in [0.1, 0.15) is 16.8 Å². The number of carbonyl (C=O) groups excluding carboxylic acids is 1. The molecule has 1 unspecified atom stereocenters. The van der Waals surface area contributed by atoms with E-state index in [0.29, 0.717) is 11.6 Å². The number of likely N-dealkylation sites (N-methyl/N-ethyl adjacent to an activating group) is 1. The van der Waals surface area contributed by atoms with E-state index in [1.54, 1.807) is 12.1 Å². The van der Waals surface area contributed by atoms with E-state index in [-0.39, 0.29) is 0 Å². The Morgan fingerprint density at radius 2 is 2.44 bits per heavy atom. The minimum Gasteiger partial charge on any atom is -0.366 e. The molecule has 1 atom stereocenters. The molecule has 86 valence electrons.